The maximum atomic E-state index is 15.0. The van der Waals surface area contributed by atoms with Gasteiger partial charge in [-0.3, -0.25) is 9.69 Å². The number of pyridine rings is 1. The highest BCUT2D eigenvalue weighted by Gasteiger charge is 2.28. The Kier molecular flexibility index (Phi) is 5.59. The van der Waals surface area contributed by atoms with Gasteiger partial charge in [-0.1, -0.05) is 0 Å². The van der Waals surface area contributed by atoms with Gasteiger partial charge in [-0.15, -0.1) is 0 Å². The normalized spacial score (nSPS) is 17.1. The molecule has 1 N–H and O–H groups in total. The number of carboxylic acid groups (broad SMARTS) is 1. The first-order valence-corrected chi connectivity index (χ1v) is 10.1. The van der Waals surface area contributed by atoms with E-state index in [0.29, 0.717) is 30.7 Å². The molecule has 0 unspecified atom stereocenters. The second-order valence-corrected chi connectivity index (χ2v) is 7.74. The number of ether oxygens (including phenoxy) is 1. The minimum absolute atomic E-state index is 0.122. The molecular formula is C21H23FN4O4. The van der Waals surface area contributed by atoms with Gasteiger partial charge in [-0.2, -0.15) is 5.26 Å². The monoisotopic (exact) mass is 414 g/mol. The Balaban J connectivity index is 1.64. The highest BCUT2D eigenvalue weighted by Crippen LogP contribution is 2.39. The summed E-state index contributed by atoms with van der Waals surface area (Å²) < 4.78 is 21.4. The topological polar surface area (TPSA) is 98.8 Å². The number of rotatable bonds is 6. The zero-order valence-corrected chi connectivity index (χ0v) is 16.5. The van der Waals surface area contributed by atoms with Crippen molar-refractivity contribution in [1.29, 1.82) is 5.26 Å². The van der Waals surface area contributed by atoms with E-state index in [2.05, 4.69) is 15.7 Å². The van der Waals surface area contributed by atoms with Crippen molar-refractivity contribution in [2.24, 2.45) is 0 Å². The quantitative estimate of drug-likeness (QED) is 0.573. The smallest absolute Gasteiger partial charge is 0.449 e. The lowest BCUT2D eigenvalue weighted by molar-refractivity contribution is 0.143. The molecule has 1 saturated carbocycles. The second-order valence-electron chi connectivity index (χ2n) is 7.74. The van der Waals surface area contributed by atoms with Crippen molar-refractivity contribution >= 4 is 22.7 Å². The second kappa shape index (κ2) is 8.32. The van der Waals surface area contributed by atoms with E-state index in [9.17, 15) is 14.0 Å². The lowest BCUT2D eigenvalue weighted by atomic mass is 10.1. The van der Waals surface area contributed by atoms with Crippen molar-refractivity contribution in [1.82, 2.24) is 9.47 Å². The number of piperazine rings is 1. The van der Waals surface area contributed by atoms with Crippen molar-refractivity contribution in [3.63, 3.8) is 0 Å². The van der Waals surface area contributed by atoms with E-state index >= 15 is 0 Å². The zero-order valence-electron chi connectivity index (χ0n) is 16.5. The minimum atomic E-state index is -1.57. The Morgan fingerprint density at radius 1 is 1.27 bits per heavy atom. The molecule has 9 heteroatoms. The Hall–Kier alpha value is -3.12. The third kappa shape index (κ3) is 4.09. The number of hydrogen-bond acceptors (Lipinski definition) is 6. The van der Waals surface area contributed by atoms with Crippen molar-refractivity contribution in [2.45, 2.75) is 31.7 Å². The summed E-state index contributed by atoms with van der Waals surface area (Å²) in [6.07, 6.45) is 3.04. The van der Waals surface area contributed by atoms with Gasteiger partial charge in [0.1, 0.15) is 5.82 Å². The highest BCUT2D eigenvalue weighted by atomic mass is 19.1. The lowest BCUT2D eigenvalue weighted by Gasteiger charge is -2.36. The zero-order chi connectivity index (χ0) is 21.3. The summed E-state index contributed by atoms with van der Waals surface area (Å²) in [7, 11) is 0. The molecule has 1 aliphatic heterocycles. The summed E-state index contributed by atoms with van der Waals surface area (Å²) >= 11 is 0. The minimum Gasteiger partial charge on any atom is -0.449 e. The van der Waals surface area contributed by atoms with Crippen LogP contribution in [0.1, 0.15) is 31.7 Å². The van der Waals surface area contributed by atoms with Crippen LogP contribution >= 0.6 is 0 Å². The van der Waals surface area contributed by atoms with E-state index in [1.807, 2.05) is 9.47 Å². The summed E-state index contributed by atoms with van der Waals surface area (Å²) in [4.78, 5) is 27.8. The summed E-state index contributed by atoms with van der Waals surface area (Å²) in [6, 6.07) is 5.19. The number of aromatic nitrogens is 1. The van der Waals surface area contributed by atoms with E-state index in [1.54, 1.807) is 6.07 Å². The Bertz CT molecular complexity index is 1070. The van der Waals surface area contributed by atoms with E-state index in [-0.39, 0.29) is 17.2 Å². The number of unbranched alkanes of at least 4 members (excludes halogenated alkanes) is 1. The molecule has 1 saturated heterocycles. The number of nitrogens with zero attached hydrogens (tertiary/aromatic N) is 4. The van der Waals surface area contributed by atoms with E-state index in [4.69, 9.17) is 10.4 Å². The summed E-state index contributed by atoms with van der Waals surface area (Å²) in [5, 5.41) is 17.7. The molecule has 1 aromatic carbocycles. The van der Waals surface area contributed by atoms with Gasteiger partial charge in [-0.25, -0.2) is 9.18 Å². The SMILES string of the molecule is N#CCCCN1CCN(c2cc3c(cc2F)c(=O)c(OC(=O)O)cn3C2CC2)CC1. The van der Waals surface area contributed by atoms with Gasteiger partial charge in [0.25, 0.3) is 0 Å². The molecule has 0 amide bonds. The third-order valence-corrected chi connectivity index (χ3v) is 5.68. The molecular weight excluding hydrogens is 391 g/mol. The standard InChI is InChI=1S/C21H23FN4O4/c22-16-11-15-17(26(14-3-4-14)13-19(20(15)27)30-21(28)29)12-18(16)25-9-7-24(8-10-25)6-2-1-5-23/h11-14H,1-4,6-10H2,(H,28,29). The Morgan fingerprint density at radius 2 is 2.00 bits per heavy atom. The van der Waals surface area contributed by atoms with Gasteiger partial charge in [0.2, 0.25) is 5.43 Å². The molecule has 1 aliphatic carbocycles. The van der Waals surface area contributed by atoms with Crippen LogP contribution in [0, 0.1) is 17.1 Å². The first kappa shape index (κ1) is 20.2. The molecule has 0 bridgehead atoms. The van der Waals surface area contributed by atoms with Crippen LogP contribution in [0.3, 0.4) is 0 Å². The van der Waals surface area contributed by atoms with Crippen molar-refractivity contribution in [2.75, 3.05) is 37.6 Å². The van der Waals surface area contributed by atoms with E-state index in [0.717, 1.165) is 38.9 Å². The molecule has 2 heterocycles. The molecule has 0 radical (unpaired) electrons. The largest absolute Gasteiger partial charge is 0.511 e. The average molecular weight is 414 g/mol. The number of benzene rings is 1. The van der Waals surface area contributed by atoms with Gasteiger partial charge in [-0.05, 0) is 37.9 Å². The van der Waals surface area contributed by atoms with Crippen LogP contribution in [-0.4, -0.2) is 53.5 Å². The molecule has 2 aromatic rings. The van der Waals surface area contributed by atoms with Crippen LogP contribution < -0.4 is 15.1 Å². The fourth-order valence-corrected chi connectivity index (χ4v) is 3.99. The number of nitriles is 1. The molecule has 0 atom stereocenters. The van der Waals surface area contributed by atoms with Gasteiger partial charge in [0.15, 0.2) is 5.75 Å². The van der Waals surface area contributed by atoms with Crippen LogP contribution in [0.4, 0.5) is 14.9 Å². The number of carbonyl (C=O) groups is 1. The number of halogens is 1. The first-order valence-electron chi connectivity index (χ1n) is 10.1. The molecule has 8 nitrogen and oxygen atoms in total. The predicted molar refractivity (Wildman–Crippen MR) is 109 cm³/mol. The van der Waals surface area contributed by atoms with Crippen molar-refractivity contribution in [3.05, 3.63) is 34.4 Å². The summed E-state index contributed by atoms with van der Waals surface area (Å²) in [5.41, 5.74) is 0.407. The highest BCUT2D eigenvalue weighted by molar-refractivity contribution is 5.85. The van der Waals surface area contributed by atoms with Crippen LogP contribution in [0.2, 0.25) is 0 Å². The number of fused-ring (bicyclic) bond motifs is 1. The van der Waals surface area contributed by atoms with Crippen LogP contribution in [0.25, 0.3) is 10.9 Å². The summed E-state index contributed by atoms with van der Waals surface area (Å²) in [6.45, 7) is 3.73. The molecule has 158 valence electrons. The molecule has 30 heavy (non-hydrogen) atoms. The number of anilines is 1. The lowest BCUT2D eigenvalue weighted by Crippen LogP contribution is -2.46. The maximum Gasteiger partial charge on any atom is 0.511 e. The molecule has 4 rings (SSSR count). The summed E-state index contributed by atoms with van der Waals surface area (Å²) in [5.74, 6) is -0.813. The van der Waals surface area contributed by atoms with Gasteiger partial charge < -0.3 is 19.3 Å². The molecule has 1 aromatic heterocycles. The van der Waals surface area contributed by atoms with Crippen LogP contribution in [0.5, 0.6) is 5.75 Å². The van der Waals surface area contributed by atoms with Crippen LogP contribution in [0.15, 0.2) is 23.1 Å². The van der Waals surface area contributed by atoms with E-state index < -0.39 is 17.4 Å². The Morgan fingerprint density at radius 3 is 2.63 bits per heavy atom. The van der Waals surface area contributed by atoms with E-state index in [1.165, 1.54) is 12.3 Å². The Labute approximate surface area is 172 Å². The maximum absolute atomic E-state index is 15.0. The first-order chi connectivity index (χ1) is 14.5. The molecule has 2 aliphatic rings. The molecule has 2 fully saturated rings. The van der Waals surface area contributed by atoms with Crippen molar-refractivity contribution in [3.8, 4) is 11.8 Å². The van der Waals surface area contributed by atoms with Gasteiger partial charge in [0, 0.05) is 38.6 Å². The average Bonchev–Trinajstić information content (AvgIpc) is 3.56. The van der Waals surface area contributed by atoms with Crippen LogP contribution in [-0.2, 0) is 0 Å². The molecule has 0 spiro atoms. The number of hydrogen-bond donors (Lipinski definition) is 1. The fraction of sp³-hybridized carbons (Fsp3) is 0.476. The fourth-order valence-electron chi connectivity index (χ4n) is 3.99. The predicted octanol–water partition coefficient (Wildman–Crippen LogP) is 2.96. The third-order valence-electron chi connectivity index (χ3n) is 5.68. The van der Waals surface area contributed by atoms with Gasteiger partial charge >= 0.3 is 6.16 Å². The van der Waals surface area contributed by atoms with Gasteiger partial charge in [0.05, 0.1) is 28.9 Å². The van der Waals surface area contributed by atoms with Crippen molar-refractivity contribution < 1.29 is 19.0 Å².